The molecule has 1 fully saturated rings. The standard InChI is InChI=1S/C19H31FN4/c1-5-24(15(2)3)12-11-22-18(21-4)23-14-19(9-10-19)16-7-6-8-17(20)13-16/h6-8,13,15H,5,9-12,14H2,1-4H3,(H2,21,22,23). The summed E-state index contributed by atoms with van der Waals surface area (Å²) in [6.07, 6.45) is 2.19. The van der Waals surface area contributed by atoms with E-state index in [0.29, 0.717) is 6.04 Å². The molecule has 1 aromatic carbocycles. The van der Waals surface area contributed by atoms with Gasteiger partial charge in [0, 0.05) is 38.1 Å². The first-order valence-electron chi connectivity index (χ1n) is 8.95. The molecule has 0 unspecified atom stereocenters. The lowest BCUT2D eigenvalue weighted by molar-refractivity contribution is 0.237. The van der Waals surface area contributed by atoms with Gasteiger partial charge < -0.3 is 10.6 Å². The number of hydrogen-bond donors (Lipinski definition) is 2. The summed E-state index contributed by atoms with van der Waals surface area (Å²) in [5.41, 5.74) is 1.15. The Morgan fingerprint density at radius 2 is 2.08 bits per heavy atom. The van der Waals surface area contributed by atoms with Gasteiger partial charge in [0.2, 0.25) is 0 Å². The Morgan fingerprint density at radius 3 is 2.62 bits per heavy atom. The van der Waals surface area contributed by atoms with Gasteiger partial charge in [-0.15, -0.1) is 0 Å². The molecule has 0 saturated heterocycles. The molecule has 1 aliphatic carbocycles. The molecule has 1 aliphatic rings. The molecular formula is C19H31FN4. The van der Waals surface area contributed by atoms with Crippen LogP contribution in [0.25, 0.3) is 0 Å². The molecule has 0 radical (unpaired) electrons. The maximum atomic E-state index is 13.5. The number of likely N-dealkylation sites (N-methyl/N-ethyl adjacent to an activating group) is 1. The van der Waals surface area contributed by atoms with Crippen molar-refractivity contribution < 1.29 is 4.39 Å². The largest absolute Gasteiger partial charge is 0.356 e. The van der Waals surface area contributed by atoms with Gasteiger partial charge in [-0.1, -0.05) is 19.1 Å². The van der Waals surface area contributed by atoms with Crippen LogP contribution in [-0.2, 0) is 5.41 Å². The van der Waals surface area contributed by atoms with Crippen LogP contribution in [0.3, 0.4) is 0 Å². The van der Waals surface area contributed by atoms with Gasteiger partial charge in [0.1, 0.15) is 5.82 Å². The molecule has 0 heterocycles. The van der Waals surface area contributed by atoms with E-state index in [2.05, 4.69) is 41.3 Å². The van der Waals surface area contributed by atoms with Crippen molar-refractivity contribution in [2.24, 2.45) is 4.99 Å². The summed E-state index contributed by atoms with van der Waals surface area (Å²) < 4.78 is 13.5. The fourth-order valence-electron chi connectivity index (χ4n) is 3.11. The van der Waals surface area contributed by atoms with Crippen LogP contribution in [0.4, 0.5) is 4.39 Å². The Morgan fingerprint density at radius 1 is 1.33 bits per heavy atom. The number of guanidine groups is 1. The minimum Gasteiger partial charge on any atom is -0.356 e. The van der Waals surface area contributed by atoms with Crippen molar-refractivity contribution >= 4 is 5.96 Å². The normalized spacial score (nSPS) is 16.5. The molecule has 0 aromatic heterocycles. The molecule has 1 aromatic rings. The molecule has 0 spiro atoms. The zero-order valence-corrected chi connectivity index (χ0v) is 15.4. The van der Waals surface area contributed by atoms with Crippen LogP contribution in [0.15, 0.2) is 29.3 Å². The molecule has 2 N–H and O–H groups in total. The lowest BCUT2D eigenvalue weighted by Crippen LogP contribution is -2.45. The Balaban J connectivity index is 1.82. The first-order chi connectivity index (χ1) is 11.5. The molecule has 5 heteroatoms. The van der Waals surface area contributed by atoms with E-state index in [-0.39, 0.29) is 11.2 Å². The summed E-state index contributed by atoms with van der Waals surface area (Å²) >= 11 is 0. The zero-order chi connectivity index (χ0) is 17.6. The lowest BCUT2D eigenvalue weighted by Gasteiger charge is -2.25. The summed E-state index contributed by atoms with van der Waals surface area (Å²) in [5.74, 6) is 0.659. The van der Waals surface area contributed by atoms with E-state index in [1.807, 2.05) is 6.07 Å². The van der Waals surface area contributed by atoms with Gasteiger partial charge >= 0.3 is 0 Å². The van der Waals surface area contributed by atoms with E-state index in [1.54, 1.807) is 19.2 Å². The summed E-state index contributed by atoms with van der Waals surface area (Å²) in [7, 11) is 1.79. The molecule has 4 nitrogen and oxygen atoms in total. The molecule has 0 aliphatic heterocycles. The summed E-state index contributed by atoms with van der Waals surface area (Å²) in [6, 6.07) is 7.53. The van der Waals surface area contributed by atoms with Crippen LogP contribution < -0.4 is 10.6 Å². The van der Waals surface area contributed by atoms with Gasteiger partial charge in [-0.25, -0.2) is 4.39 Å². The van der Waals surface area contributed by atoms with E-state index in [1.165, 1.54) is 6.07 Å². The van der Waals surface area contributed by atoms with Gasteiger partial charge in [0.15, 0.2) is 5.96 Å². The monoisotopic (exact) mass is 334 g/mol. The smallest absolute Gasteiger partial charge is 0.191 e. The summed E-state index contributed by atoms with van der Waals surface area (Å²) in [6.45, 7) is 10.3. The lowest BCUT2D eigenvalue weighted by atomic mass is 9.96. The van der Waals surface area contributed by atoms with Gasteiger partial charge in [0.25, 0.3) is 0 Å². The quantitative estimate of drug-likeness (QED) is 0.567. The van der Waals surface area contributed by atoms with Crippen LogP contribution in [0.1, 0.15) is 39.2 Å². The van der Waals surface area contributed by atoms with Gasteiger partial charge in [-0.2, -0.15) is 0 Å². The van der Waals surface area contributed by atoms with Crippen molar-refractivity contribution in [3.8, 4) is 0 Å². The first kappa shape index (κ1) is 18.7. The number of hydrogen-bond acceptors (Lipinski definition) is 2. The molecule has 0 bridgehead atoms. The molecular weight excluding hydrogens is 303 g/mol. The van der Waals surface area contributed by atoms with Gasteiger partial charge in [-0.05, 0) is 50.9 Å². The van der Waals surface area contributed by atoms with Crippen LogP contribution in [-0.4, -0.2) is 50.1 Å². The SMILES string of the molecule is CCN(CCNC(=NC)NCC1(c2cccc(F)c2)CC1)C(C)C. The second-order valence-corrected chi connectivity index (χ2v) is 6.87. The Bertz CT molecular complexity index is 552. The van der Waals surface area contributed by atoms with Gasteiger partial charge in [0.05, 0.1) is 0 Å². The minimum atomic E-state index is -0.158. The molecule has 0 amide bonds. The fourth-order valence-corrected chi connectivity index (χ4v) is 3.11. The van der Waals surface area contributed by atoms with Gasteiger partial charge in [-0.3, -0.25) is 9.89 Å². The van der Waals surface area contributed by atoms with Crippen molar-refractivity contribution in [1.29, 1.82) is 0 Å². The number of halogens is 1. The van der Waals surface area contributed by atoms with Crippen molar-refractivity contribution in [3.05, 3.63) is 35.6 Å². The highest BCUT2D eigenvalue weighted by atomic mass is 19.1. The topological polar surface area (TPSA) is 39.7 Å². The van der Waals surface area contributed by atoms with E-state index in [9.17, 15) is 4.39 Å². The summed E-state index contributed by atoms with van der Waals surface area (Å²) in [5, 5.41) is 6.78. The third-order valence-electron chi connectivity index (χ3n) is 4.94. The first-order valence-corrected chi connectivity index (χ1v) is 8.95. The number of aliphatic imine (C=N–C) groups is 1. The highest BCUT2D eigenvalue weighted by Gasteiger charge is 2.44. The van der Waals surface area contributed by atoms with Crippen molar-refractivity contribution in [2.45, 2.75) is 45.1 Å². The third-order valence-corrected chi connectivity index (χ3v) is 4.94. The van der Waals surface area contributed by atoms with E-state index in [0.717, 1.165) is 50.5 Å². The molecule has 134 valence electrons. The van der Waals surface area contributed by atoms with E-state index >= 15 is 0 Å². The van der Waals surface area contributed by atoms with Crippen LogP contribution in [0.5, 0.6) is 0 Å². The fraction of sp³-hybridized carbons (Fsp3) is 0.632. The van der Waals surface area contributed by atoms with Crippen molar-refractivity contribution in [3.63, 3.8) is 0 Å². The molecule has 1 saturated carbocycles. The van der Waals surface area contributed by atoms with E-state index in [4.69, 9.17) is 0 Å². The van der Waals surface area contributed by atoms with E-state index < -0.39 is 0 Å². The van der Waals surface area contributed by atoms with Crippen molar-refractivity contribution in [2.75, 3.05) is 33.2 Å². The number of nitrogens with zero attached hydrogens (tertiary/aromatic N) is 2. The van der Waals surface area contributed by atoms with Crippen LogP contribution >= 0.6 is 0 Å². The zero-order valence-electron chi connectivity index (χ0n) is 15.4. The average molecular weight is 334 g/mol. The molecule has 2 rings (SSSR count). The second kappa shape index (κ2) is 8.47. The number of rotatable bonds is 8. The number of benzene rings is 1. The Kier molecular flexibility index (Phi) is 6.60. The van der Waals surface area contributed by atoms with Crippen molar-refractivity contribution in [1.82, 2.24) is 15.5 Å². The predicted molar refractivity (Wildman–Crippen MR) is 99.1 cm³/mol. The van der Waals surface area contributed by atoms with Crippen LogP contribution in [0, 0.1) is 5.82 Å². The number of nitrogens with one attached hydrogen (secondary N) is 2. The Hall–Kier alpha value is -1.62. The third kappa shape index (κ3) is 4.94. The maximum Gasteiger partial charge on any atom is 0.191 e. The van der Waals surface area contributed by atoms with Crippen LogP contribution in [0.2, 0.25) is 0 Å². The Labute approximate surface area is 145 Å². The predicted octanol–water partition coefficient (Wildman–Crippen LogP) is 2.75. The summed E-state index contributed by atoms with van der Waals surface area (Å²) in [4.78, 5) is 6.71. The maximum absolute atomic E-state index is 13.5. The minimum absolute atomic E-state index is 0.0626. The highest BCUT2D eigenvalue weighted by molar-refractivity contribution is 5.79. The highest BCUT2D eigenvalue weighted by Crippen LogP contribution is 2.47. The molecule has 0 atom stereocenters. The molecule has 24 heavy (non-hydrogen) atoms. The average Bonchev–Trinajstić information content (AvgIpc) is 3.35. The second-order valence-electron chi connectivity index (χ2n) is 6.87.